The second kappa shape index (κ2) is 7.33. The summed E-state index contributed by atoms with van der Waals surface area (Å²) in [6.45, 7) is 4.00. The number of nitrogens with one attached hydrogen (secondary N) is 1. The lowest BCUT2D eigenvalue weighted by molar-refractivity contribution is 0.102. The maximum Gasteiger partial charge on any atom is 0.255 e. The van der Waals surface area contributed by atoms with Gasteiger partial charge >= 0.3 is 0 Å². The van der Waals surface area contributed by atoms with Crippen LogP contribution in [0.25, 0.3) is 0 Å². The third kappa shape index (κ3) is 3.93. The lowest BCUT2D eigenvalue weighted by Crippen LogP contribution is -2.13. The number of anilines is 1. The van der Waals surface area contributed by atoms with Crippen molar-refractivity contribution in [3.05, 3.63) is 52.3 Å². The van der Waals surface area contributed by atoms with Crippen molar-refractivity contribution in [3.8, 4) is 11.5 Å². The zero-order valence-electron chi connectivity index (χ0n) is 13.1. The van der Waals surface area contributed by atoms with E-state index in [-0.39, 0.29) is 5.02 Å². The zero-order valence-corrected chi connectivity index (χ0v) is 13.8. The van der Waals surface area contributed by atoms with Crippen molar-refractivity contribution < 1.29 is 18.7 Å². The highest BCUT2D eigenvalue weighted by atomic mass is 35.5. The predicted octanol–water partition coefficient (Wildman–Crippen LogP) is 4.45. The summed E-state index contributed by atoms with van der Waals surface area (Å²) in [5.41, 5.74) is 1.45. The molecule has 23 heavy (non-hydrogen) atoms. The standard InChI is InChI=1S/C17H17ClFNO3/c1-4-23-15-8-11(7-13(18)16(15)22-3)17(21)20-14-9-12(19)6-5-10(14)2/h5-9H,4H2,1-3H3,(H,20,21). The quantitative estimate of drug-likeness (QED) is 0.877. The van der Waals surface area contributed by atoms with Gasteiger partial charge in [-0.3, -0.25) is 4.79 Å². The Morgan fingerprint density at radius 3 is 2.70 bits per heavy atom. The number of methoxy groups -OCH3 is 1. The van der Waals surface area contributed by atoms with Crippen LogP contribution in [0.5, 0.6) is 11.5 Å². The number of hydrogen-bond acceptors (Lipinski definition) is 3. The van der Waals surface area contributed by atoms with E-state index in [1.165, 1.54) is 31.4 Å². The highest BCUT2D eigenvalue weighted by Gasteiger charge is 2.16. The van der Waals surface area contributed by atoms with Gasteiger partial charge in [0.15, 0.2) is 11.5 Å². The fourth-order valence-electron chi connectivity index (χ4n) is 2.08. The van der Waals surface area contributed by atoms with Crippen molar-refractivity contribution in [2.45, 2.75) is 13.8 Å². The van der Waals surface area contributed by atoms with Crippen LogP contribution in [0.1, 0.15) is 22.8 Å². The molecule has 0 heterocycles. The Bertz CT molecular complexity index is 734. The smallest absolute Gasteiger partial charge is 0.255 e. The highest BCUT2D eigenvalue weighted by Crippen LogP contribution is 2.36. The van der Waals surface area contributed by atoms with Crippen molar-refractivity contribution >= 4 is 23.2 Å². The number of hydrogen-bond donors (Lipinski definition) is 1. The predicted molar refractivity (Wildman–Crippen MR) is 88.3 cm³/mol. The van der Waals surface area contributed by atoms with Gasteiger partial charge in [0.25, 0.3) is 5.91 Å². The number of benzene rings is 2. The molecule has 1 amide bonds. The van der Waals surface area contributed by atoms with E-state index < -0.39 is 11.7 Å². The van der Waals surface area contributed by atoms with Crippen molar-refractivity contribution in [1.29, 1.82) is 0 Å². The minimum atomic E-state index is -0.423. The highest BCUT2D eigenvalue weighted by molar-refractivity contribution is 6.32. The van der Waals surface area contributed by atoms with Crippen LogP contribution in [0.15, 0.2) is 30.3 Å². The fourth-order valence-corrected chi connectivity index (χ4v) is 2.37. The molecule has 2 aromatic carbocycles. The molecule has 0 unspecified atom stereocenters. The Kier molecular flexibility index (Phi) is 5.45. The Labute approximate surface area is 139 Å². The second-order valence-electron chi connectivity index (χ2n) is 4.84. The Morgan fingerprint density at radius 2 is 2.04 bits per heavy atom. The monoisotopic (exact) mass is 337 g/mol. The van der Waals surface area contributed by atoms with Crippen LogP contribution in [0.4, 0.5) is 10.1 Å². The number of halogens is 2. The Balaban J connectivity index is 2.34. The lowest BCUT2D eigenvalue weighted by Gasteiger charge is -2.14. The second-order valence-corrected chi connectivity index (χ2v) is 5.24. The molecule has 0 aliphatic heterocycles. The zero-order chi connectivity index (χ0) is 17.0. The molecule has 6 heteroatoms. The number of rotatable bonds is 5. The maximum atomic E-state index is 13.3. The average molecular weight is 338 g/mol. The van der Waals surface area contributed by atoms with Crippen LogP contribution in [0, 0.1) is 12.7 Å². The van der Waals surface area contributed by atoms with E-state index in [0.29, 0.717) is 29.4 Å². The number of carbonyl (C=O) groups excluding carboxylic acids is 1. The van der Waals surface area contributed by atoms with Crippen LogP contribution in [0.3, 0.4) is 0 Å². The number of aryl methyl sites for hydroxylation is 1. The molecule has 0 radical (unpaired) electrons. The summed E-state index contributed by atoms with van der Waals surface area (Å²) in [7, 11) is 1.47. The molecule has 2 aromatic rings. The molecule has 0 aliphatic rings. The topological polar surface area (TPSA) is 47.6 Å². The molecule has 0 saturated heterocycles. The summed E-state index contributed by atoms with van der Waals surface area (Å²) in [6, 6.07) is 7.22. The first-order valence-electron chi connectivity index (χ1n) is 7.04. The maximum absolute atomic E-state index is 13.3. The first-order chi connectivity index (χ1) is 11.0. The summed E-state index contributed by atoms with van der Waals surface area (Å²) in [5, 5.41) is 2.93. The molecule has 0 fully saturated rings. The summed E-state index contributed by atoms with van der Waals surface area (Å²) in [6.07, 6.45) is 0. The largest absolute Gasteiger partial charge is 0.491 e. The van der Waals surface area contributed by atoms with Crippen LogP contribution >= 0.6 is 11.6 Å². The average Bonchev–Trinajstić information content (AvgIpc) is 2.51. The number of amides is 1. The molecule has 0 bridgehead atoms. The van der Waals surface area contributed by atoms with E-state index in [9.17, 15) is 9.18 Å². The molecule has 1 N–H and O–H groups in total. The van der Waals surface area contributed by atoms with Crippen LogP contribution < -0.4 is 14.8 Å². The van der Waals surface area contributed by atoms with E-state index in [2.05, 4.69) is 5.32 Å². The van der Waals surface area contributed by atoms with E-state index in [1.807, 2.05) is 6.92 Å². The summed E-state index contributed by atoms with van der Waals surface area (Å²) >= 11 is 6.13. The molecule has 2 rings (SSSR count). The minimum Gasteiger partial charge on any atom is -0.491 e. The fraction of sp³-hybridized carbons (Fsp3) is 0.235. The Morgan fingerprint density at radius 1 is 1.30 bits per heavy atom. The van der Waals surface area contributed by atoms with Crippen LogP contribution in [-0.4, -0.2) is 19.6 Å². The van der Waals surface area contributed by atoms with E-state index in [4.69, 9.17) is 21.1 Å². The first-order valence-corrected chi connectivity index (χ1v) is 7.42. The van der Waals surface area contributed by atoms with Crippen molar-refractivity contribution in [1.82, 2.24) is 0 Å². The lowest BCUT2D eigenvalue weighted by atomic mass is 10.1. The van der Waals surface area contributed by atoms with Gasteiger partial charge in [0, 0.05) is 11.3 Å². The molecular formula is C17H17ClFNO3. The van der Waals surface area contributed by atoms with Gasteiger partial charge in [-0.05, 0) is 43.7 Å². The Hall–Kier alpha value is -2.27. The normalized spacial score (nSPS) is 10.3. The van der Waals surface area contributed by atoms with Crippen LogP contribution in [0.2, 0.25) is 5.02 Å². The van der Waals surface area contributed by atoms with Gasteiger partial charge < -0.3 is 14.8 Å². The number of carbonyl (C=O) groups is 1. The molecule has 0 atom stereocenters. The van der Waals surface area contributed by atoms with E-state index >= 15 is 0 Å². The third-order valence-electron chi connectivity index (χ3n) is 3.22. The van der Waals surface area contributed by atoms with Gasteiger partial charge in [-0.25, -0.2) is 4.39 Å². The van der Waals surface area contributed by atoms with Gasteiger partial charge in [0.2, 0.25) is 0 Å². The third-order valence-corrected chi connectivity index (χ3v) is 3.50. The first kappa shape index (κ1) is 17.1. The molecule has 122 valence electrons. The molecule has 0 saturated carbocycles. The molecular weight excluding hydrogens is 321 g/mol. The molecule has 0 aliphatic carbocycles. The van der Waals surface area contributed by atoms with Crippen molar-refractivity contribution in [2.24, 2.45) is 0 Å². The van der Waals surface area contributed by atoms with Crippen molar-refractivity contribution in [2.75, 3.05) is 19.0 Å². The molecule has 4 nitrogen and oxygen atoms in total. The van der Waals surface area contributed by atoms with Crippen LogP contribution in [-0.2, 0) is 0 Å². The van der Waals surface area contributed by atoms with Crippen molar-refractivity contribution in [3.63, 3.8) is 0 Å². The van der Waals surface area contributed by atoms with E-state index in [0.717, 1.165) is 5.56 Å². The summed E-state index contributed by atoms with van der Waals surface area (Å²) in [4.78, 5) is 12.4. The van der Waals surface area contributed by atoms with Gasteiger partial charge in [0.1, 0.15) is 5.82 Å². The van der Waals surface area contributed by atoms with Gasteiger partial charge in [-0.1, -0.05) is 17.7 Å². The van der Waals surface area contributed by atoms with Gasteiger partial charge in [0.05, 0.1) is 18.7 Å². The summed E-state index contributed by atoms with van der Waals surface area (Å²) < 4.78 is 23.9. The summed E-state index contributed by atoms with van der Waals surface area (Å²) in [5.74, 6) is -0.0894. The van der Waals surface area contributed by atoms with E-state index in [1.54, 1.807) is 13.0 Å². The molecule has 0 aromatic heterocycles. The SMILES string of the molecule is CCOc1cc(C(=O)Nc2cc(F)ccc2C)cc(Cl)c1OC. The minimum absolute atomic E-state index is 0.263. The van der Waals surface area contributed by atoms with Gasteiger partial charge in [-0.2, -0.15) is 0 Å². The molecule has 0 spiro atoms. The van der Waals surface area contributed by atoms with Gasteiger partial charge in [-0.15, -0.1) is 0 Å². The number of ether oxygens (including phenoxy) is 2.